The Balaban J connectivity index is 2.20. The van der Waals surface area contributed by atoms with Crippen LogP contribution in [0.1, 0.15) is 30.9 Å². The van der Waals surface area contributed by atoms with Crippen molar-refractivity contribution in [1.29, 1.82) is 0 Å². The molecule has 0 aromatic heterocycles. The van der Waals surface area contributed by atoms with E-state index in [1.165, 1.54) is 5.56 Å². The largest absolute Gasteiger partial charge is 0.457 e. The summed E-state index contributed by atoms with van der Waals surface area (Å²) in [6, 6.07) is 13.9. The van der Waals surface area contributed by atoms with Gasteiger partial charge >= 0.3 is 0 Å². The SMILES string of the molecule is CNCc1cc(Cl)ccc1Oc1ccc(C(C)C)cc1. The van der Waals surface area contributed by atoms with Crippen LogP contribution in [0.5, 0.6) is 11.5 Å². The fourth-order valence-corrected chi connectivity index (χ4v) is 2.22. The zero-order chi connectivity index (χ0) is 14.5. The maximum absolute atomic E-state index is 6.03. The van der Waals surface area contributed by atoms with Crippen molar-refractivity contribution in [2.24, 2.45) is 0 Å². The molecule has 0 saturated carbocycles. The van der Waals surface area contributed by atoms with Crippen molar-refractivity contribution in [2.45, 2.75) is 26.3 Å². The lowest BCUT2D eigenvalue weighted by Gasteiger charge is -2.12. The third-order valence-corrected chi connectivity index (χ3v) is 3.40. The normalized spacial score (nSPS) is 10.8. The maximum Gasteiger partial charge on any atom is 0.132 e. The van der Waals surface area contributed by atoms with E-state index in [2.05, 4.69) is 31.3 Å². The van der Waals surface area contributed by atoms with Gasteiger partial charge in [-0.25, -0.2) is 0 Å². The molecular formula is C17H20ClNO. The molecule has 2 aromatic rings. The minimum absolute atomic E-state index is 0.527. The summed E-state index contributed by atoms with van der Waals surface area (Å²) in [5.74, 6) is 2.20. The molecule has 0 atom stereocenters. The van der Waals surface area contributed by atoms with E-state index in [0.717, 1.165) is 28.6 Å². The fraction of sp³-hybridized carbons (Fsp3) is 0.294. The lowest BCUT2D eigenvalue weighted by Crippen LogP contribution is -2.06. The summed E-state index contributed by atoms with van der Waals surface area (Å²) in [5, 5.41) is 3.84. The van der Waals surface area contributed by atoms with Gasteiger partial charge in [-0.05, 0) is 48.9 Å². The van der Waals surface area contributed by atoms with E-state index in [-0.39, 0.29) is 0 Å². The molecule has 106 valence electrons. The van der Waals surface area contributed by atoms with Gasteiger partial charge in [-0.3, -0.25) is 0 Å². The fourth-order valence-electron chi connectivity index (χ4n) is 2.02. The molecule has 0 fully saturated rings. The average Bonchev–Trinajstić information content (AvgIpc) is 2.43. The first-order chi connectivity index (χ1) is 9.60. The highest BCUT2D eigenvalue weighted by Crippen LogP contribution is 2.28. The summed E-state index contributed by atoms with van der Waals surface area (Å²) in [6.07, 6.45) is 0. The van der Waals surface area contributed by atoms with Crippen molar-refractivity contribution in [3.8, 4) is 11.5 Å². The molecule has 2 nitrogen and oxygen atoms in total. The van der Waals surface area contributed by atoms with Gasteiger partial charge in [0.1, 0.15) is 11.5 Å². The van der Waals surface area contributed by atoms with Crippen LogP contribution < -0.4 is 10.1 Å². The molecule has 20 heavy (non-hydrogen) atoms. The quantitative estimate of drug-likeness (QED) is 0.838. The van der Waals surface area contributed by atoms with Gasteiger partial charge in [0.15, 0.2) is 0 Å². The number of hydrogen-bond acceptors (Lipinski definition) is 2. The van der Waals surface area contributed by atoms with Crippen molar-refractivity contribution < 1.29 is 4.74 Å². The summed E-state index contributed by atoms with van der Waals surface area (Å²) in [4.78, 5) is 0. The molecule has 0 aliphatic rings. The Morgan fingerprint density at radius 1 is 1.10 bits per heavy atom. The molecule has 0 aliphatic heterocycles. The molecule has 0 aliphatic carbocycles. The second-order valence-corrected chi connectivity index (χ2v) is 5.54. The van der Waals surface area contributed by atoms with Crippen LogP contribution in [0, 0.1) is 0 Å². The van der Waals surface area contributed by atoms with Crippen LogP contribution in [0.3, 0.4) is 0 Å². The van der Waals surface area contributed by atoms with Crippen LogP contribution in [0.4, 0.5) is 0 Å². The van der Waals surface area contributed by atoms with Gasteiger partial charge in [0, 0.05) is 17.1 Å². The molecular weight excluding hydrogens is 270 g/mol. The summed E-state index contributed by atoms with van der Waals surface area (Å²) in [7, 11) is 1.90. The van der Waals surface area contributed by atoms with Gasteiger partial charge in [0.05, 0.1) is 0 Å². The Bertz CT molecular complexity index is 564. The topological polar surface area (TPSA) is 21.3 Å². The van der Waals surface area contributed by atoms with Crippen LogP contribution in [-0.2, 0) is 6.54 Å². The molecule has 2 aromatic carbocycles. The third-order valence-electron chi connectivity index (χ3n) is 3.16. The summed E-state index contributed by atoms with van der Waals surface area (Å²) < 4.78 is 5.95. The van der Waals surface area contributed by atoms with Crippen LogP contribution >= 0.6 is 11.6 Å². The van der Waals surface area contributed by atoms with Gasteiger partial charge in [-0.1, -0.05) is 37.6 Å². The first-order valence-electron chi connectivity index (χ1n) is 6.81. The highest BCUT2D eigenvalue weighted by atomic mass is 35.5. The molecule has 0 amide bonds. The Morgan fingerprint density at radius 2 is 1.80 bits per heavy atom. The lowest BCUT2D eigenvalue weighted by atomic mass is 10.0. The Hall–Kier alpha value is -1.51. The van der Waals surface area contributed by atoms with Gasteiger partial charge in [-0.2, -0.15) is 0 Å². The average molecular weight is 290 g/mol. The number of rotatable bonds is 5. The number of halogens is 1. The summed E-state index contributed by atoms with van der Waals surface area (Å²) in [5.41, 5.74) is 2.36. The standard InChI is InChI=1S/C17H20ClNO/c1-12(2)13-4-7-16(8-5-13)20-17-9-6-15(18)10-14(17)11-19-3/h4-10,12,19H,11H2,1-3H3. The van der Waals surface area contributed by atoms with E-state index in [9.17, 15) is 0 Å². The van der Waals surface area contributed by atoms with E-state index in [1.54, 1.807) is 0 Å². The zero-order valence-electron chi connectivity index (χ0n) is 12.1. The minimum atomic E-state index is 0.527. The van der Waals surface area contributed by atoms with Gasteiger partial charge in [-0.15, -0.1) is 0 Å². The number of nitrogens with one attached hydrogen (secondary N) is 1. The maximum atomic E-state index is 6.03. The van der Waals surface area contributed by atoms with Crippen LogP contribution in [0.25, 0.3) is 0 Å². The highest BCUT2D eigenvalue weighted by molar-refractivity contribution is 6.30. The Kier molecular flexibility index (Phi) is 5.05. The predicted octanol–water partition coefficient (Wildman–Crippen LogP) is 4.98. The minimum Gasteiger partial charge on any atom is -0.457 e. The van der Waals surface area contributed by atoms with E-state index < -0.39 is 0 Å². The Morgan fingerprint density at radius 3 is 2.40 bits per heavy atom. The molecule has 1 N–H and O–H groups in total. The summed E-state index contributed by atoms with van der Waals surface area (Å²) in [6.45, 7) is 5.08. The molecule has 0 heterocycles. The number of benzene rings is 2. The Labute approximate surface area is 125 Å². The number of ether oxygens (including phenoxy) is 1. The van der Waals surface area contributed by atoms with Crippen molar-refractivity contribution in [1.82, 2.24) is 5.32 Å². The van der Waals surface area contributed by atoms with E-state index in [1.807, 2.05) is 37.4 Å². The molecule has 0 radical (unpaired) electrons. The monoisotopic (exact) mass is 289 g/mol. The first-order valence-corrected chi connectivity index (χ1v) is 7.19. The van der Waals surface area contributed by atoms with Crippen LogP contribution in [0.2, 0.25) is 5.02 Å². The molecule has 2 rings (SSSR count). The molecule has 3 heteroatoms. The van der Waals surface area contributed by atoms with Crippen molar-refractivity contribution in [3.05, 3.63) is 58.6 Å². The molecule has 0 unspecified atom stereocenters. The third kappa shape index (κ3) is 3.75. The van der Waals surface area contributed by atoms with Crippen LogP contribution in [0.15, 0.2) is 42.5 Å². The predicted molar refractivity (Wildman–Crippen MR) is 84.8 cm³/mol. The van der Waals surface area contributed by atoms with Crippen LogP contribution in [-0.4, -0.2) is 7.05 Å². The molecule has 0 spiro atoms. The van der Waals surface area contributed by atoms with E-state index in [4.69, 9.17) is 16.3 Å². The van der Waals surface area contributed by atoms with Crippen molar-refractivity contribution in [2.75, 3.05) is 7.05 Å². The number of hydrogen-bond donors (Lipinski definition) is 1. The van der Waals surface area contributed by atoms with E-state index >= 15 is 0 Å². The van der Waals surface area contributed by atoms with Crippen molar-refractivity contribution >= 4 is 11.6 Å². The van der Waals surface area contributed by atoms with E-state index in [0.29, 0.717) is 5.92 Å². The zero-order valence-corrected chi connectivity index (χ0v) is 12.9. The first kappa shape index (κ1) is 14.9. The van der Waals surface area contributed by atoms with Crippen molar-refractivity contribution in [3.63, 3.8) is 0 Å². The van der Waals surface area contributed by atoms with Gasteiger partial charge in [0.25, 0.3) is 0 Å². The lowest BCUT2D eigenvalue weighted by molar-refractivity contribution is 0.474. The molecule has 0 bridgehead atoms. The second-order valence-electron chi connectivity index (χ2n) is 5.11. The summed E-state index contributed by atoms with van der Waals surface area (Å²) >= 11 is 6.03. The van der Waals surface area contributed by atoms with Gasteiger partial charge in [0.2, 0.25) is 0 Å². The molecule has 0 saturated heterocycles. The second kappa shape index (κ2) is 6.78. The highest BCUT2D eigenvalue weighted by Gasteiger charge is 2.06. The van der Waals surface area contributed by atoms with Gasteiger partial charge < -0.3 is 10.1 Å². The smallest absolute Gasteiger partial charge is 0.132 e.